The van der Waals surface area contributed by atoms with Crippen molar-refractivity contribution in [3.8, 4) is 0 Å². The Bertz CT molecular complexity index is 669. The van der Waals surface area contributed by atoms with Crippen molar-refractivity contribution in [2.24, 2.45) is 0 Å². The second-order valence-corrected chi connectivity index (χ2v) is 6.50. The van der Waals surface area contributed by atoms with Gasteiger partial charge in [-0.25, -0.2) is 4.39 Å². The van der Waals surface area contributed by atoms with Crippen molar-refractivity contribution in [1.82, 2.24) is 0 Å². The lowest BCUT2D eigenvalue weighted by atomic mass is 9.75. The molecule has 0 aliphatic heterocycles. The summed E-state index contributed by atoms with van der Waals surface area (Å²) in [5.41, 5.74) is 1.55. The summed E-state index contributed by atoms with van der Waals surface area (Å²) in [4.78, 5) is 0. The SMILES string of the molecule is Fc1ccccc1C1CC(Nc2cc(Cl)c(Cl)cc2Cl)C1. The van der Waals surface area contributed by atoms with Crippen LogP contribution in [0.15, 0.2) is 36.4 Å². The Hall–Kier alpha value is -0.960. The van der Waals surface area contributed by atoms with Crippen molar-refractivity contribution >= 4 is 40.5 Å². The Morgan fingerprint density at radius 2 is 1.62 bits per heavy atom. The van der Waals surface area contributed by atoms with Gasteiger partial charge in [-0.2, -0.15) is 0 Å². The zero-order valence-electron chi connectivity index (χ0n) is 11.0. The minimum atomic E-state index is -0.131. The molecule has 2 aromatic rings. The first-order chi connectivity index (χ1) is 10.0. The van der Waals surface area contributed by atoms with Crippen molar-refractivity contribution in [2.75, 3.05) is 5.32 Å². The van der Waals surface area contributed by atoms with Crippen molar-refractivity contribution in [3.05, 3.63) is 62.8 Å². The van der Waals surface area contributed by atoms with E-state index in [1.165, 1.54) is 6.07 Å². The van der Waals surface area contributed by atoms with Crippen LogP contribution in [-0.2, 0) is 0 Å². The molecule has 0 saturated heterocycles. The van der Waals surface area contributed by atoms with E-state index in [9.17, 15) is 4.39 Å². The molecule has 0 bridgehead atoms. The number of hydrogen-bond donors (Lipinski definition) is 1. The normalized spacial score (nSPS) is 21.0. The smallest absolute Gasteiger partial charge is 0.126 e. The molecule has 1 saturated carbocycles. The predicted octanol–water partition coefficient (Wildman–Crippen LogP) is 6.14. The third-order valence-corrected chi connectivity index (χ3v) is 4.89. The number of hydrogen-bond acceptors (Lipinski definition) is 1. The quantitative estimate of drug-likeness (QED) is 0.659. The summed E-state index contributed by atoms with van der Waals surface area (Å²) >= 11 is 18.0. The van der Waals surface area contributed by atoms with Crippen LogP contribution in [0.25, 0.3) is 0 Å². The van der Waals surface area contributed by atoms with Gasteiger partial charge in [-0.05, 0) is 42.5 Å². The van der Waals surface area contributed by atoms with Crippen LogP contribution >= 0.6 is 34.8 Å². The average molecular weight is 345 g/mol. The van der Waals surface area contributed by atoms with Gasteiger partial charge in [0.2, 0.25) is 0 Å². The summed E-state index contributed by atoms with van der Waals surface area (Å²) < 4.78 is 13.7. The summed E-state index contributed by atoms with van der Waals surface area (Å²) in [6, 6.07) is 10.6. The van der Waals surface area contributed by atoms with Gasteiger partial charge < -0.3 is 5.32 Å². The minimum Gasteiger partial charge on any atom is -0.381 e. The van der Waals surface area contributed by atoms with Crippen LogP contribution in [0.1, 0.15) is 24.3 Å². The summed E-state index contributed by atoms with van der Waals surface area (Å²) in [5, 5.41) is 4.78. The lowest BCUT2D eigenvalue weighted by molar-refractivity contribution is 0.363. The second-order valence-electron chi connectivity index (χ2n) is 5.28. The maximum atomic E-state index is 13.7. The third-order valence-electron chi connectivity index (χ3n) is 3.85. The molecule has 2 aromatic carbocycles. The van der Waals surface area contributed by atoms with E-state index in [1.807, 2.05) is 12.1 Å². The lowest BCUT2D eigenvalue weighted by Gasteiger charge is -2.37. The van der Waals surface area contributed by atoms with Crippen LogP contribution in [0.5, 0.6) is 0 Å². The second kappa shape index (κ2) is 6.04. The van der Waals surface area contributed by atoms with Crippen molar-refractivity contribution < 1.29 is 4.39 Å². The first-order valence-electron chi connectivity index (χ1n) is 6.70. The highest BCUT2D eigenvalue weighted by atomic mass is 35.5. The Balaban J connectivity index is 1.65. The van der Waals surface area contributed by atoms with Crippen molar-refractivity contribution in [2.45, 2.75) is 24.8 Å². The summed E-state index contributed by atoms with van der Waals surface area (Å²) in [6.45, 7) is 0. The molecule has 0 atom stereocenters. The van der Waals surface area contributed by atoms with Gasteiger partial charge in [0.15, 0.2) is 0 Å². The monoisotopic (exact) mass is 343 g/mol. The van der Waals surface area contributed by atoms with Gasteiger partial charge in [-0.1, -0.05) is 53.0 Å². The summed E-state index contributed by atoms with van der Waals surface area (Å²) in [7, 11) is 0. The summed E-state index contributed by atoms with van der Waals surface area (Å²) in [5.74, 6) is 0.124. The first kappa shape index (κ1) is 15.0. The molecule has 0 radical (unpaired) electrons. The maximum Gasteiger partial charge on any atom is 0.126 e. The summed E-state index contributed by atoms with van der Waals surface area (Å²) in [6.07, 6.45) is 1.75. The van der Waals surface area contributed by atoms with Crippen LogP contribution in [-0.4, -0.2) is 6.04 Å². The molecule has 0 heterocycles. The zero-order chi connectivity index (χ0) is 15.0. The number of anilines is 1. The zero-order valence-corrected chi connectivity index (χ0v) is 13.3. The van der Waals surface area contributed by atoms with E-state index in [0.29, 0.717) is 15.1 Å². The van der Waals surface area contributed by atoms with Gasteiger partial charge in [-0.15, -0.1) is 0 Å². The number of benzene rings is 2. The van der Waals surface area contributed by atoms with E-state index in [4.69, 9.17) is 34.8 Å². The van der Waals surface area contributed by atoms with Gasteiger partial charge in [-0.3, -0.25) is 0 Å². The highest BCUT2D eigenvalue weighted by Gasteiger charge is 2.32. The molecule has 110 valence electrons. The van der Waals surface area contributed by atoms with E-state index >= 15 is 0 Å². The first-order valence-corrected chi connectivity index (χ1v) is 7.83. The van der Waals surface area contributed by atoms with Crippen LogP contribution in [0.4, 0.5) is 10.1 Å². The minimum absolute atomic E-state index is 0.131. The average Bonchev–Trinajstić information content (AvgIpc) is 2.40. The fourth-order valence-corrected chi connectivity index (χ4v) is 3.25. The molecule has 1 nitrogen and oxygen atoms in total. The van der Waals surface area contributed by atoms with Crippen LogP contribution < -0.4 is 5.32 Å². The Kier molecular flexibility index (Phi) is 4.30. The molecule has 1 N–H and O–H groups in total. The molecule has 1 aliphatic rings. The fourth-order valence-electron chi connectivity index (χ4n) is 2.65. The Labute approximate surface area is 138 Å². The van der Waals surface area contributed by atoms with Gasteiger partial charge in [0, 0.05) is 6.04 Å². The predicted molar refractivity (Wildman–Crippen MR) is 87.3 cm³/mol. The number of halogens is 4. The molecule has 0 spiro atoms. The van der Waals surface area contributed by atoms with Crippen LogP contribution in [0, 0.1) is 5.82 Å². The molecule has 0 aromatic heterocycles. The third kappa shape index (κ3) is 3.13. The Morgan fingerprint density at radius 3 is 2.33 bits per heavy atom. The van der Waals surface area contributed by atoms with Gasteiger partial charge in [0.05, 0.1) is 20.8 Å². The van der Waals surface area contributed by atoms with E-state index < -0.39 is 0 Å². The van der Waals surface area contributed by atoms with Gasteiger partial charge >= 0.3 is 0 Å². The van der Waals surface area contributed by atoms with Gasteiger partial charge in [0.1, 0.15) is 5.82 Å². The largest absolute Gasteiger partial charge is 0.381 e. The van der Waals surface area contributed by atoms with E-state index in [-0.39, 0.29) is 17.8 Å². The fraction of sp³-hybridized carbons (Fsp3) is 0.250. The molecule has 3 rings (SSSR count). The molecular weight excluding hydrogens is 332 g/mol. The number of rotatable bonds is 3. The molecule has 5 heteroatoms. The lowest BCUT2D eigenvalue weighted by Crippen LogP contribution is -2.34. The van der Waals surface area contributed by atoms with Crippen LogP contribution in [0.3, 0.4) is 0 Å². The molecule has 21 heavy (non-hydrogen) atoms. The number of nitrogens with one attached hydrogen (secondary N) is 1. The van der Waals surface area contributed by atoms with Crippen LogP contribution in [0.2, 0.25) is 15.1 Å². The van der Waals surface area contributed by atoms with Gasteiger partial charge in [0.25, 0.3) is 0 Å². The van der Waals surface area contributed by atoms with E-state index in [2.05, 4.69) is 5.32 Å². The van der Waals surface area contributed by atoms with Crippen molar-refractivity contribution in [1.29, 1.82) is 0 Å². The molecule has 0 unspecified atom stereocenters. The standard InChI is InChI=1S/C16H13Cl3FN/c17-12-7-14(19)16(8-13(12)18)21-10-5-9(6-10)11-3-1-2-4-15(11)20/h1-4,7-10,21H,5-6H2. The molecular formula is C16H13Cl3FN. The highest BCUT2D eigenvalue weighted by molar-refractivity contribution is 6.44. The Morgan fingerprint density at radius 1 is 0.952 bits per heavy atom. The molecule has 0 amide bonds. The van der Waals surface area contributed by atoms with E-state index in [0.717, 1.165) is 24.1 Å². The topological polar surface area (TPSA) is 12.0 Å². The van der Waals surface area contributed by atoms with E-state index in [1.54, 1.807) is 18.2 Å². The molecule has 1 aliphatic carbocycles. The maximum absolute atomic E-state index is 13.7. The molecule has 1 fully saturated rings. The highest BCUT2D eigenvalue weighted by Crippen LogP contribution is 2.41. The van der Waals surface area contributed by atoms with Crippen molar-refractivity contribution in [3.63, 3.8) is 0 Å².